The van der Waals surface area contributed by atoms with Gasteiger partial charge in [0.2, 0.25) is 0 Å². The third kappa shape index (κ3) is 3.19. The van der Waals surface area contributed by atoms with Crippen molar-refractivity contribution >= 4 is 17.6 Å². The number of amides is 1. The quantitative estimate of drug-likeness (QED) is 0.716. The van der Waals surface area contributed by atoms with Crippen molar-refractivity contribution in [3.8, 4) is 0 Å². The van der Waals surface area contributed by atoms with Gasteiger partial charge in [0.05, 0.1) is 11.5 Å². The standard InChI is InChI=1S/C12H15FN2O3/c1-2-7(12(17)18)6-15-9-5-3-4-8(13)10(9)11(14)16/h3-5,7,15H,2,6H2,1H3,(H2,14,16)(H,17,18). The van der Waals surface area contributed by atoms with Crippen molar-refractivity contribution in [2.24, 2.45) is 11.7 Å². The van der Waals surface area contributed by atoms with Crippen LogP contribution in [0.25, 0.3) is 0 Å². The van der Waals surface area contributed by atoms with Crippen LogP contribution in [0.4, 0.5) is 10.1 Å². The molecule has 0 radical (unpaired) electrons. The van der Waals surface area contributed by atoms with Crippen LogP contribution in [-0.4, -0.2) is 23.5 Å². The molecule has 0 aromatic heterocycles. The molecule has 0 bridgehead atoms. The molecule has 6 heteroatoms. The first-order valence-corrected chi connectivity index (χ1v) is 5.52. The van der Waals surface area contributed by atoms with E-state index in [9.17, 15) is 14.0 Å². The fraction of sp³-hybridized carbons (Fsp3) is 0.333. The first-order chi connectivity index (χ1) is 8.47. The number of carboxylic acid groups (broad SMARTS) is 1. The molecule has 0 spiro atoms. The van der Waals surface area contributed by atoms with E-state index in [1.54, 1.807) is 6.92 Å². The third-order valence-corrected chi connectivity index (χ3v) is 2.64. The minimum absolute atomic E-state index is 0.107. The van der Waals surface area contributed by atoms with Gasteiger partial charge in [-0.1, -0.05) is 13.0 Å². The van der Waals surface area contributed by atoms with Crippen molar-refractivity contribution in [2.75, 3.05) is 11.9 Å². The molecule has 0 aliphatic heterocycles. The zero-order valence-electron chi connectivity index (χ0n) is 9.94. The molecular formula is C12H15FN2O3. The number of anilines is 1. The number of hydrogen-bond donors (Lipinski definition) is 3. The Balaban J connectivity index is 2.88. The van der Waals surface area contributed by atoms with E-state index >= 15 is 0 Å². The molecule has 18 heavy (non-hydrogen) atoms. The van der Waals surface area contributed by atoms with Crippen LogP contribution < -0.4 is 11.1 Å². The minimum atomic E-state index is -0.943. The normalized spacial score (nSPS) is 11.9. The Morgan fingerprint density at radius 1 is 1.50 bits per heavy atom. The lowest BCUT2D eigenvalue weighted by atomic mass is 10.1. The molecule has 4 N–H and O–H groups in total. The molecule has 1 rings (SSSR count). The third-order valence-electron chi connectivity index (χ3n) is 2.64. The number of nitrogens with one attached hydrogen (secondary N) is 1. The summed E-state index contributed by atoms with van der Waals surface area (Å²) in [5.74, 6) is -3.16. The van der Waals surface area contributed by atoms with Gasteiger partial charge in [-0.25, -0.2) is 4.39 Å². The number of hydrogen-bond acceptors (Lipinski definition) is 3. The van der Waals surface area contributed by atoms with Crippen molar-refractivity contribution in [2.45, 2.75) is 13.3 Å². The van der Waals surface area contributed by atoms with Crippen molar-refractivity contribution in [1.82, 2.24) is 0 Å². The second-order valence-electron chi connectivity index (χ2n) is 3.85. The summed E-state index contributed by atoms with van der Waals surface area (Å²) in [5, 5.41) is 11.6. The zero-order chi connectivity index (χ0) is 13.7. The summed E-state index contributed by atoms with van der Waals surface area (Å²) < 4.78 is 13.4. The minimum Gasteiger partial charge on any atom is -0.481 e. The van der Waals surface area contributed by atoms with Gasteiger partial charge in [-0.2, -0.15) is 0 Å². The van der Waals surface area contributed by atoms with Gasteiger partial charge >= 0.3 is 5.97 Å². The largest absolute Gasteiger partial charge is 0.481 e. The molecule has 0 aliphatic rings. The Morgan fingerprint density at radius 3 is 2.67 bits per heavy atom. The van der Waals surface area contributed by atoms with E-state index in [4.69, 9.17) is 10.8 Å². The van der Waals surface area contributed by atoms with Crippen molar-refractivity contribution in [3.05, 3.63) is 29.6 Å². The molecule has 1 amide bonds. The Morgan fingerprint density at radius 2 is 2.17 bits per heavy atom. The Kier molecular flexibility index (Phi) is 4.65. The molecule has 1 unspecified atom stereocenters. The molecule has 1 aromatic rings. The van der Waals surface area contributed by atoms with Crippen LogP contribution in [0.5, 0.6) is 0 Å². The number of carbonyl (C=O) groups excluding carboxylic acids is 1. The lowest BCUT2D eigenvalue weighted by molar-refractivity contribution is -0.141. The van der Waals surface area contributed by atoms with Gasteiger partial charge in [-0.05, 0) is 18.6 Å². The van der Waals surface area contributed by atoms with Crippen LogP contribution in [0, 0.1) is 11.7 Å². The number of primary amides is 1. The van der Waals surface area contributed by atoms with E-state index in [0.717, 1.165) is 6.07 Å². The molecule has 0 saturated carbocycles. The van der Waals surface area contributed by atoms with Crippen molar-refractivity contribution in [3.63, 3.8) is 0 Å². The average Bonchev–Trinajstić information content (AvgIpc) is 2.28. The predicted molar refractivity (Wildman–Crippen MR) is 64.8 cm³/mol. The van der Waals surface area contributed by atoms with E-state index < -0.39 is 23.6 Å². The lowest BCUT2D eigenvalue weighted by Gasteiger charge is -2.14. The molecule has 98 valence electrons. The van der Waals surface area contributed by atoms with E-state index in [2.05, 4.69) is 5.32 Å². The molecule has 5 nitrogen and oxygen atoms in total. The van der Waals surface area contributed by atoms with Gasteiger partial charge in [0.15, 0.2) is 0 Å². The highest BCUT2D eigenvalue weighted by Crippen LogP contribution is 2.19. The van der Waals surface area contributed by atoms with Gasteiger partial charge in [0.1, 0.15) is 5.82 Å². The van der Waals surface area contributed by atoms with Gasteiger partial charge in [0, 0.05) is 12.2 Å². The van der Waals surface area contributed by atoms with Crippen molar-refractivity contribution < 1.29 is 19.1 Å². The van der Waals surface area contributed by atoms with E-state index in [0.29, 0.717) is 6.42 Å². The summed E-state index contributed by atoms with van der Waals surface area (Å²) in [4.78, 5) is 21.9. The first kappa shape index (κ1) is 14.0. The van der Waals surface area contributed by atoms with Crippen LogP contribution in [0.15, 0.2) is 18.2 Å². The van der Waals surface area contributed by atoms with Crippen molar-refractivity contribution in [1.29, 1.82) is 0 Å². The topological polar surface area (TPSA) is 92.4 Å². The monoisotopic (exact) mass is 254 g/mol. The fourth-order valence-electron chi connectivity index (χ4n) is 1.56. The molecule has 0 saturated heterocycles. The lowest BCUT2D eigenvalue weighted by Crippen LogP contribution is -2.24. The summed E-state index contributed by atoms with van der Waals surface area (Å²) in [6.07, 6.45) is 0.434. The van der Waals surface area contributed by atoms with E-state index in [-0.39, 0.29) is 17.8 Å². The second-order valence-corrected chi connectivity index (χ2v) is 3.85. The first-order valence-electron chi connectivity index (χ1n) is 5.52. The Hall–Kier alpha value is -2.11. The van der Waals surface area contributed by atoms with Gasteiger partial charge in [-0.15, -0.1) is 0 Å². The average molecular weight is 254 g/mol. The zero-order valence-corrected chi connectivity index (χ0v) is 9.94. The van der Waals surface area contributed by atoms with E-state index in [1.165, 1.54) is 12.1 Å². The highest BCUT2D eigenvalue weighted by Gasteiger charge is 2.17. The molecule has 1 atom stereocenters. The molecule has 0 aliphatic carbocycles. The molecule has 0 fully saturated rings. The molecule has 1 aromatic carbocycles. The number of rotatable bonds is 6. The van der Waals surface area contributed by atoms with Crippen LogP contribution in [0.1, 0.15) is 23.7 Å². The van der Waals surface area contributed by atoms with Gasteiger partial charge in [0.25, 0.3) is 5.91 Å². The molecule has 0 heterocycles. The Bertz CT molecular complexity index is 463. The fourth-order valence-corrected chi connectivity index (χ4v) is 1.56. The summed E-state index contributed by atoms with van der Waals surface area (Å²) in [5.41, 5.74) is 5.04. The number of carbonyl (C=O) groups is 2. The van der Waals surface area contributed by atoms with Crippen LogP contribution >= 0.6 is 0 Å². The number of nitrogens with two attached hydrogens (primary N) is 1. The number of benzene rings is 1. The van der Waals surface area contributed by atoms with Crippen LogP contribution in [0.3, 0.4) is 0 Å². The number of halogens is 1. The van der Waals surface area contributed by atoms with Crippen LogP contribution in [0.2, 0.25) is 0 Å². The maximum Gasteiger partial charge on any atom is 0.308 e. The summed E-state index contributed by atoms with van der Waals surface area (Å²) in [6.45, 7) is 1.84. The summed E-state index contributed by atoms with van der Waals surface area (Å²) in [7, 11) is 0. The van der Waals surface area contributed by atoms with E-state index in [1.807, 2.05) is 0 Å². The number of aliphatic carboxylic acids is 1. The van der Waals surface area contributed by atoms with Gasteiger partial charge in [-0.3, -0.25) is 9.59 Å². The maximum absolute atomic E-state index is 13.4. The predicted octanol–water partition coefficient (Wildman–Crippen LogP) is 1.45. The SMILES string of the molecule is CCC(CNc1cccc(F)c1C(N)=O)C(=O)O. The highest BCUT2D eigenvalue weighted by molar-refractivity contribution is 5.98. The van der Waals surface area contributed by atoms with Crippen LogP contribution in [-0.2, 0) is 4.79 Å². The molecular weight excluding hydrogens is 239 g/mol. The number of carboxylic acids is 1. The summed E-state index contributed by atoms with van der Waals surface area (Å²) in [6, 6.07) is 4.03. The Labute approximate surface area is 104 Å². The second kappa shape index (κ2) is 6.00. The van der Waals surface area contributed by atoms with Gasteiger partial charge < -0.3 is 16.2 Å². The highest BCUT2D eigenvalue weighted by atomic mass is 19.1. The summed E-state index contributed by atoms with van der Waals surface area (Å²) >= 11 is 0. The smallest absolute Gasteiger partial charge is 0.308 e. The maximum atomic E-state index is 13.4.